The van der Waals surface area contributed by atoms with Gasteiger partial charge in [0.25, 0.3) is 0 Å². The molecule has 2 aliphatic rings. The smallest absolute Gasteiger partial charge is 0.135 e. The number of pyridine rings is 1. The van der Waals surface area contributed by atoms with Crippen molar-refractivity contribution in [2.24, 2.45) is 5.41 Å². The van der Waals surface area contributed by atoms with Crippen LogP contribution in [0.15, 0.2) is 170 Å². The maximum absolute atomic E-state index is 10.3. The Hall–Kier alpha value is -7.20. The van der Waals surface area contributed by atoms with Gasteiger partial charge in [-0.25, -0.2) is 4.98 Å². The Balaban J connectivity index is 0.00000833. The number of aromatic nitrogens is 2. The Bertz CT molecular complexity index is 4450. The van der Waals surface area contributed by atoms with Gasteiger partial charge in [0.1, 0.15) is 5.82 Å². The third-order valence-corrected chi connectivity index (χ3v) is 17.2. The molecular formula is C79H83N4OPt-3. The summed E-state index contributed by atoms with van der Waals surface area (Å²) in [4.78, 5) is 9.48. The van der Waals surface area contributed by atoms with Gasteiger partial charge in [-0.05, 0) is 131 Å². The van der Waals surface area contributed by atoms with Gasteiger partial charge in [0.15, 0.2) is 0 Å². The molecule has 0 saturated carbocycles. The Morgan fingerprint density at radius 2 is 1.21 bits per heavy atom. The topological polar surface area (TPSA) is 33.5 Å². The second kappa shape index (κ2) is 21.6. The maximum atomic E-state index is 10.3. The summed E-state index contributed by atoms with van der Waals surface area (Å²) >= 11 is 0. The first-order valence-corrected chi connectivity index (χ1v) is 29.9. The molecule has 10 aromatic rings. The Kier molecular flexibility index (Phi) is 13.6. The first-order valence-electron chi connectivity index (χ1n) is 32.4. The van der Waals surface area contributed by atoms with Crippen molar-refractivity contribution in [3.8, 4) is 50.7 Å². The molecule has 1 aliphatic heterocycles. The minimum Gasteiger partial charge on any atom is -0.509 e. The average molecular weight is 1300 g/mol. The third-order valence-electron chi connectivity index (χ3n) is 17.2. The van der Waals surface area contributed by atoms with Crippen molar-refractivity contribution >= 4 is 44.6 Å². The summed E-state index contributed by atoms with van der Waals surface area (Å²) in [6.07, 6.45) is 1.82. The van der Waals surface area contributed by atoms with Crippen molar-refractivity contribution in [2.45, 2.75) is 157 Å². The SMILES string of the molecule is [2H]c1c([2H])c2c(c([2H])c1-c1cccc(-c3ccc(C(C)(C)C)cc3C(C)(C)C)c1N1[CH-]N(c3[c-]c(Oc4[c-]c5c(cc4)c4ccccc4n5-c4cc(C([2H])([2H])C(C)(C)C)c(-c5ccc(C(C)(C)C)cc5)cn4)ccc3)c3ccccc31)C(C)(C)CCC2(C)C.[Pt]. The Labute approximate surface area is 528 Å². The second-order valence-electron chi connectivity index (χ2n) is 28.8. The van der Waals surface area contributed by atoms with E-state index in [-0.39, 0.29) is 60.2 Å². The number of ether oxygens (including phenoxy) is 1. The van der Waals surface area contributed by atoms with E-state index in [1.807, 2.05) is 87.6 Å². The van der Waals surface area contributed by atoms with Gasteiger partial charge in [-0.2, -0.15) is 12.1 Å². The summed E-state index contributed by atoms with van der Waals surface area (Å²) in [5.74, 6) is 1.51. The van der Waals surface area contributed by atoms with E-state index in [1.165, 1.54) is 16.7 Å². The van der Waals surface area contributed by atoms with Gasteiger partial charge < -0.3 is 19.1 Å². The molecule has 0 fully saturated rings. The predicted octanol–water partition coefficient (Wildman–Crippen LogP) is 21.8. The monoisotopic (exact) mass is 1300 g/mol. The number of anilines is 4. The molecule has 0 spiro atoms. The number of nitrogens with zero attached hydrogens (tertiary/aromatic N) is 4. The summed E-state index contributed by atoms with van der Waals surface area (Å²) in [5, 5.41) is 1.96. The van der Waals surface area contributed by atoms with Crippen LogP contribution in [0.2, 0.25) is 0 Å². The summed E-state index contributed by atoms with van der Waals surface area (Å²) in [5.41, 5.74) is 13.8. The number of hydrogen-bond donors (Lipinski definition) is 0. The van der Waals surface area contributed by atoms with Gasteiger partial charge in [0.05, 0.1) is 4.11 Å². The minimum absolute atomic E-state index is 0. The predicted molar refractivity (Wildman–Crippen MR) is 355 cm³/mol. The molecule has 0 bridgehead atoms. The van der Waals surface area contributed by atoms with E-state index in [1.54, 1.807) is 0 Å². The fourth-order valence-electron chi connectivity index (χ4n) is 12.4. The Morgan fingerprint density at radius 1 is 0.576 bits per heavy atom. The van der Waals surface area contributed by atoms with Gasteiger partial charge >= 0.3 is 0 Å². The number of benzene rings is 8. The van der Waals surface area contributed by atoms with Crippen LogP contribution in [-0.4, -0.2) is 9.55 Å². The Morgan fingerprint density at radius 3 is 1.91 bits per heavy atom. The van der Waals surface area contributed by atoms with Crippen LogP contribution in [0.4, 0.5) is 22.7 Å². The van der Waals surface area contributed by atoms with E-state index in [0.29, 0.717) is 40.0 Å². The van der Waals surface area contributed by atoms with Crippen molar-refractivity contribution in [1.29, 1.82) is 0 Å². The first-order chi connectivity index (χ1) is 41.7. The number of hydrogen-bond acceptors (Lipinski definition) is 4. The molecule has 3 heterocycles. The van der Waals surface area contributed by atoms with Crippen LogP contribution in [-0.2, 0) is 54.5 Å². The molecule has 0 radical (unpaired) electrons. The molecule has 438 valence electrons. The zero-order valence-electron chi connectivity index (χ0n) is 57.4. The molecule has 85 heavy (non-hydrogen) atoms. The van der Waals surface area contributed by atoms with Crippen molar-refractivity contribution in [1.82, 2.24) is 9.55 Å². The molecule has 0 amide bonds. The number of para-hydroxylation sites is 4. The fraction of sp³-hybridized carbons (Fsp3) is 0.316. The van der Waals surface area contributed by atoms with Crippen LogP contribution in [0.25, 0.3) is 61.0 Å². The second-order valence-corrected chi connectivity index (χ2v) is 28.8. The van der Waals surface area contributed by atoms with E-state index in [9.17, 15) is 6.85 Å². The molecule has 5 nitrogen and oxygen atoms in total. The van der Waals surface area contributed by atoms with Crippen molar-refractivity contribution in [2.75, 3.05) is 9.80 Å². The summed E-state index contributed by atoms with van der Waals surface area (Å²) in [6, 6.07) is 57.8. The van der Waals surface area contributed by atoms with Gasteiger partial charge in [0.2, 0.25) is 0 Å². The maximum Gasteiger partial charge on any atom is 0.135 e. The van der Waals surface area contributed by atoms with Crippen molar-refractivity contribution < 1.29 is 32.7 Å². The quantitative estimate of drug-likeness (QED) is 0.135. The molecule has 2 aromatic heterocycles. The van der Waals surface area contributed by atoms with Gasteiger partial charge in [-0.15, -0.1) is 48.1 Å². The molecule has 0 N–H and O–H groups in total. The van der Waals surface area contributed by atoms with Crippen molar-refractivity contribution in [3.05, 3.63) is 222 Å². The molecule has 8 aromatic carbocycles. The van der Waals surface area contributed by atoms with Gasteiger partial charge in [0, 0.05) is 80.8 Å². The van der Waals surface area contributed by atoms with Crippen LogP contribution in [0.1, 0.15) is 164 Å². The van der Waals surface area contributed by atoms with E-state index >= 15 is 0 Å². The van der Waals surface area contributed by atoms with Gasteiger partial charge in [-0.1, -0.05) is 225 Å². The first kappa shape index (κ1) is 53.3. The molecular weight excluding hydrogens is 1220 g/mol. The largest absolute Gasteiger partial charge is 0.509 e. The van der Waals surface area contributed by atoms with Crippen LogP contribution >= 0.6 is 0 Å². The van der Waals surface area contributed by atoms with E-state index in [2.05, 4.69) is 208 Å². The van der Waals surface area contributed by atoms with Crippen molar-refractivity contribution in [3.63, 3.8) is 0 Å². The van der Waals surface area contributed by atoms with E-state index in [0.717, 1.165) is 90.8 Å². The standard InChI is InChI=1S/C79H83N4O.Pt/c1-74(2,3)48-53-44-72(80-49-64(53)51-31-34-54(35-32-51)75(4,5)6)83-68-28-18-17-25-61(68)62-39-37-58(47-71(62)83)84-57-24-21-23-56(46-57)81-50-82(70-30-20-19-29-69(70)81)73-59(52-33-40-65-67(43-52)79(15,16)42-41-78(65,13)14)26-22-27-63(73)60-38-36-55(76(7,8)9)45-66(60)77(10,11)12;/h17-40,43-45,49-50H,41-42,48H2,1-16H3;/q-3;/i33D,40D,43D,48D2;. The van der Waals surface area contributed by atoms with Gasteiger partial charge in [-0.3, -0.25) is 0 Å². The summed E-state index contributed by atoms with van der Waals surface area (Å²) in [7, 11) is 0. The van der Waals surface area contributed by atoms with Crippen LogP contribution in [0, 0.1) is 24.2 Å². The van der Waals surface area contributed by atoms with Crippen LogP contribution in [0.5, 0.6) is 11.5 Å². The normalized spacial score (nSPS) is 16.0. The summed E-state index contributed by atoms with van der Waals surface area (Å²) in [6.45, 7) is 36.8. The minimum atomic E-state index is -1.75. The molecule has 0 saturated heterocycles. The molecule has 1 aliphatic carbocycles. The zero-order chi connectivity index (χ0) is 63.9. The molecule has 6 heteroatoms. The average Bonchev–Trinajstić information content (AvgIpc) is 0.996. The summed E-state index contributed by atoms with van der Waals surface area (Å²) < 4.78 is 58.5. The molecule has 12 rings (SSSR count). The molecule has 0 unspecified atom stereocenters. The number of rotatable bonds is 9. The third kappa shape index (κ3) is 11.3. The van der Waals surface area contributed by atoms with E-state index in [4.69, 9.17) is 9.72 Å². The van der Waals surface area contributed by atoms with Crippen LogP contribution < -0.4 is 14.5 Å². The zero-order valence-corrected chi connectivity index (χ0v) is 54.7. The fourth-order valence-corrected chi connectivity index (χ4v) is 12.4. The van der Waals surface area contributed by atoms with Crippen LogP contribution in [0.3, 0.4) is 0 Å². The van der Waals surface area contributed by atoms with E-state index < -0.39 is 11.8 Å². The molecule has 0 atom stereocenters. The number of fused-ring (bicyclic) bond motifs is 5.